The minimum Gasteiger partial charge on any atom is -0.463 e. The van der Waals surface area contributed by atoms with E-state index in [-0.39, 0.29) is 23.9 Å². The molecule has 0 atom stereocenters. The van der Waals surface area contributed by atoms with Crippen molar-refractivity contribution in [2.45, 2.75) is 4.90 Å². The van der Waals surface area contributed by atoms with Crippen LogP contribution in [0.25, 0.3) is 22.4 Å². The van der Waals surface area contributed by atoms with Gasteiger partial charge in [-0.05, 0) is 36.4 Å². The van der Waals surface area contributed by atoms with Gasteiger partial charge >= 0.3 is 0 Å². The predicted molar refractivity (Wildman–Crippen MR) is 121 cm³/mol. The number of hydrogen-bond donors (Lipinski definition) is 0. The molecule has 1 fully saturated rings. The summed E-state index contributed by atoms with van der Waals surface area (Å²) in [4.78, 5) is 20.1. The molecule has 8 heteroatoms. The highest BCUT2D eigenvalue weighted by molar-refractivity contribution is 7.89. The number of sulfonamides is 1. The lowest BCUT2D eigenvalue weighted by molar-refractivity contribution is 0.0700. The molecule has 5 rings (SSSR count). The molecule has 0 N–H and O–H groups in total. The van der Waals surface area contributed by atoms with E-state index in [0.29, 0.717) is 35.6 Å². The molecule has 7 nitrogen and oxygen atoms in total. The van der Waals surface area contributed by atoms with E-state index in [4.69, 9.17) is 4.42 Å². The van der Waals surface area contributed by atoms with Crippen LogP contribution < -0.4 is 0 Å². The molecule has 0 saturated carbocycles. The summed E-state index contributed by atoms with van der Waals surface area (Å²) < 4.78 is 32.7. The maximum absolute atomic E-state index is 13.5. The molecule has 32 heavy (non-hydrogen) atoms. The van der Waals surface area contributed by atoms with Crippen LogP contribution in [0.2, 0.25) is 0 Å². The number of hydrogen-bond acceptors (Lipinski definition) is 5. The van der Waals surface area contributed by atoms with Crippen molar-refractivity contribution in [2.75, 3.05) is 26.2 Å². The average Bonchev–Trinajstić information content (AvgIpc) is 3.39. The fraction of sp³-hybridized carbons (Fsp3) is 0.167. The van der Waals surface area contributed by atoms with E-state index in [1.54, 1.807) is 59.7 Å². The highest BCUT2D eigenvalue weighted by atomic mass is 32.2. The number of rotatable bonds is 4. The Morgan fingerprint density at radius 3 is 2.31 bits per heavy atom. The molecule has 2 aromatic heterocycles. The van der Waals surface area contributed by atoms with Gasteiger partial charge in [-0.25, -0.2) is 13.4 Å². The van der Waals surface area contributed by atoms with Gasteiger partial charge in [0.25, 0.3) is 5.91 Å². The van der Waals surface area contributed by atoms with E-state index in [1.807, 2.05) is 24.3 Å². The van der Waals surface area contributed by atoms with Gasteiger partial charge < -0.3 is 9.32 Å². The zero-order chi connectivity index (χ0) is 22.1. The van der Waals surface area contributed by atoms with E-state index in [0.717, 1.165) is 5.39 Å². The number of furan rings is 1. The van der Waals surface area contributed by atoms with Crippen molar-refractivity contribution in [3.63, 3.8) is 0 Å². The summed E-state index contributed by atoms with van der Waals surface area (Å²) in [6.45, 7) is 1.13. The Bertz CT molecular complexity index is 1360. The number of pyridine rings is 1. The van der Waals surface area contributed by atoms with Gasteiger partial charge in [-0.3, -0.25) is 4.79 Å². The molecule has 1 saturated heterocycles. The molecule has 0 bridgehead atoms. The first kappa shape index (κ1) is 20.4. The van der Waals surface area contributed by atoms with E-state index in [1.165, 1.54) is 4.31 Å². The van der Waals surface area contributed by atoms with Gasteiger partial charge in [0.1, 0.15) is 5.69 Å². The fourth-order valence-corrected chi connectivity index (χ4v) is 5.39. The van der Waals surface area contributed by atoms with Crippen LogP contribution in [0.1, 0.15) is 10.4 Å². The zero-order valence-electron chi connectivity index (χ0n) is 17.2. The van der Waals surface area contributed by atoms with Crippen molar-refractivity contribution in [2.24, 2.45) is 0 Å². The second-order valence-electron chi connectivity index (χ2n) is 7.56. The SMILES string of the molecule is O=C(c1cc(-c2ccco2)nc2ccccc12)N1CCN(S(=O)(=O)c2ccccc2)CC1. The second kappa shape index (κ2) is 8.22. The van der Waals surface area contributed by atoms with Gasteiger partial charge in [-0.2, -0.15) is 4.31 Å². The third kappa shape index (κ3) is 3.68. The van der Waals surface area contributed by atoms with Crippen LogP contribution in [0.4, 0.5) is 0 Å². The number of carbonyl (C=O) groups excluding carboxylic acids is 1. The lowest BCUT2D eigenvalue weighted by Gasteiger charge is -2.34. The Labute approximate surface area is 186 Å². The molecule has 4 aromatic rings. The number of nitrogens with zero attached hydrogens (tertiary/aromatic N) is 3. The van der Waals surface area contributed by atoms with Crippen LogP contribution >= 0.6 is 0 Å². The van der Waals surface area contributed by atoms with Gasteiger partial charge in [-0.15, -0.1) is 0 Å². The Kier molecular flexibility index (Phi) is 5.24. The number of carbonyl (C=O) groups is 1. The standard InChI is InChI=1S/C24H21N3O4S/c28-24(26-12-14-27(15-13-26)32(29,30)18-7-2-1-3-8-18)20-17-22(23-11-6-16-31-23)25-21-10-5-4-9-19(20)21/h1-11,16-17H,12-15H2. The Morgan fingerprint density at radius 2 is 1.59 bits per heavy atom. The lowest BCUT2D eigenvalue weighted by atomic mass is 10.1. The Balaban J connectivity index is 1.41. The van der Waals surface area contributed by atoms with Crippen molar-refractivity contribution in [3.8, 4) is 11.5 Å². The van der Waals surface area contributed by atoms with Crippen LogP contribution in [-0.2, 0) is 10.0 Å². The van der Waals surface area contributed by atoms with Gasteiger partial charge in [0.05, 0.1) is 22.2 Å². The molecule has 0 aliphatic carbocycles. The van der Waals surface area contributed by atoms with Gasteiger partial charge in [0.2, 0.25) is 10.0 Å². The molecule has 1 aliphatic rings. The van der Waals surface area contributed by atoms with Crippen LogP contribution in [0.15, 0.2) is 88.4 Å². The smallest absolute Gasteiger partial charge is 0.254 e. The molecule has 1 amide bonds. The number of aromatic nitrogens is 1. The van der Waals surface area contributed by atoms with E-state index in [2.05, 4.69) is 4.98 Å². The monoisotopic (exact) mass is 447 g/mol. The Hall–Kier alpha value is -3.49. The summed E-state index contributed by atoms with van der Waals surface area (Å²) in [5, 5.41) is 0.757. The van der Waals surface area contributed by atoms with Gasteiger partial charge in [0.15, 0.2) is 5.76 Å². The first-order valence-electron chi connectivity index (χ1n) is 10.3. The number of fused-ring (bicyclic) bond motifs is 1. The first-order valence-corrected chi connectivity index (χ1v) is 11.8. The highest BCUT2D eigenvalue weighted by Gasteiger charge is 2.31. The summed E-state index contributed by atoms with van der Waals surface area (Å²) >= 11 is 0. The molecule has 0 spiro atoms. The van der Waals surface area contributed by atoms with Crippen LogP contribution in [0.5, 0.6) is 0 Å². The maximum atomic E-state index is 13.5. The summed E-state index contributed by atoms with van der Waals surface area (Å²) in [5.74, 6) is 0.441. The predicted octanol–water partition coefficient (Wildman–Crippen LogP) is 3.64. The third-order valence-electron chi connectivity index (χ3n) is 5.63. The average molecular weight is 448 g/mol. The highest BCUT2D eigenvalue weighted by Crippen LogP contribution is 2.27. The minimum absolute atomic E-state index is 0.145. The van der Waals surface area contributed by atoms with E-state index >= 15 is 0 Å². The summed E-state index contributed by atoms with van der Waals surface area (Å²) in [5.41, 5.74) is 1.82. The largest absolute Gasteiger partial charge is 0.463 e. The van der Waals surface area contributed by atoms with E-state index < -0.39 is 10.0 Å². The minimum atomic E-state index is -3.57. The summed E-state index contributed by atoms with van der Waals surface area (Å²) in [6, 6.07) is 21.2. The molecule has 162 valence electrons. The Morgan fingerprint density at radius 1 is 0.875 bits per heavy atom. The van der Waals surface area contributed by atoms with Crippen LogP contribution in [0.3, 0.4) is 0 Å². The molecule has 1 aliphatic heterocycles. The number of amides is 1. The number of para-hydroxylation sites is 1. The fourth-order valence-electron chi connectivity index (χ4n) is 3.95. The van der Waals surface area contributed by atoms with Crippen molar-refractivity contribution >= 4 is 26.8 Å². The third-order valence-corrected chi connectivity index (χ3v) is 7.54. The molecule has 0 radical (unpaired) electrons. The maximum Gasteiger partial charge on any atom is 0.254 e. The lowest BCUT2D eigenvalue weighted by Crippen LogP contribution is -2.50. The van der Waals surface area contributed by atoms with Crippen molar-refractivity contribution in [3.05, 3.63) is 84.6 Å². The topological polar surface area (TPSA) is 83.7 Å². The second-order valence-corrected chi connectivity index (χ2v) is 9.50. The molecule has 2 aromatic carbocycles. The number of benzene rings is 2. The molecular weight excluding hydrogens is 426 g/mol. The molecule has 0 unspecified atom stereocenters. The van der Waals surface area contributed by atoms with Crippen molar-refractivity contribution in [1.82, 2.24) is 14.2 Å². The van der Waals surface area contributed by atoms with Crippen molar-refractivity contribution < 1.29 is 17.6 Å². The van der Waals surface area contributed by atoms with Crippen molar-refractivity contribution in [1.29, 1.82) is 0 Å². The van der Waals surface area contributed by atoms with Gasteiger partial charge in [-0.1, -0.05) is 36.4 Å². The van der Waals surface area contributed by atoms with Crippen LogP contribution in [0, 0.1) is 0 Å². The summed E-state index contributed by atoms with van der Waals surface area (Å²) in [6.07, 6.45) is 1.57. The number of piperazine rings is 1. The first-order chi connectivity index (χ1) is 15.5. The molecule has 3 heterocycles. The summed E-state index contributed by atoms with van der Waals surface area (Å²) in [7, 11) is -3.57. The zero-order valence-corrected chi connectivity index (χ0v) is 18.0. The van der Waals surface area contributed by atoms with Gasteiger partial charge in [0, 0.05) is 31.6 Å². The van der Waals surface area contributed by atoms with Crippen LogP contribution in [-0.4, -0.2) is 54.7 Å². The normalized spacial score (nSPS) is 15.2. The van der Waals surface area contributed by atoms with E-state index in [9.17, 15) is 13.2 Å². The molecular formula is C24H21N3O4S. The quantitative estimate of drug-likeness (QED) is 0.477.